The third-order valence-electron chi connectivity index (χ3n) is 11.0. The molecule has 3 amide bonds. The lowest BCUT2D eigenvalue weighted by atomic mass is 9.81. The molecular weight excluding hydrogens is 721 g/mol. The lowest BCUT2D eigenvalue weighted by Crippen LogP contribution is -2.53. The summed E-state index contributed by atoms with van der Waals surface area (Å²) in [4.78, 5) is 62.6. The SMILES string of the molecule is Cn1c(=O)n(C2CCC(=O)NC2=O)c2cccc(N3CCN(CC4(O)CCC(n5cc6cc(NC(=O)c7cccc(C(F)(F)F)n7)ncc6n5)CC4)CC3)c21. The summed E-state index contributed by atoms with van der Waals surface area (Å²) in [5.41, 5.74) is 0.151. The van der Waals surface area contributed by atoms with E-state index in [1.165, 1.54) is 16.8 Å². The Morgan fingerprint density at radius 3 is 2.51 bits per heavy atom. The zero-order valence-corrected chi connectivity index (χ0v) is 29.9. The number of nitrogens with one attached hydrogen (secondary N) is 2. The predicted octanol–water partition coefficient (Wildman–Crippen LogP) is 3.40. The number of aryl methyl sites for hydroxylation is 1. The number of piperidine rings is 1. The van der Waals surface area contributed by atoms with Crippen LogP contribution in [-0.2, 0) is 22.8 Å². The van der Waals surface area contributed by atoms with Crippen molar-refractivity contribution in [3.05, 3.63) is 76.7 Å². The molecule has 8 rings (SSSR count). The smallest absolute Gasteiger partial charge is 0.389 e. The van der Waals surface area contributed by atoms with E-state index in [4.69, 9.17) is 0 Å². The van der Waals surface area contributed by atoms with Gasteiger partial charge in [0, 0.05) is 57.8 Å². The number of imide groups is 1. The molecule has 1 unspecified atom stereocenters. The number of hydrogen-bond donors (Lipinski definition) is 3. The molecular formula is C37H39F3N10O5. The molecule has 3 aliphatic rings. The summed E-state index contributed by atoms with van der Waals surface area (Å²) in [6.45, 7) is 3.32. The molecule has 3 fully saturated rings. The first-order chi connectivity index (χ1) is 26.3. The number of benzene rings is 1. The fourth-order valence-electron chi connectivity index (χ4n) is 8.13. The molecule has 55 heavy (non-hydrogen) atoms. The van der Waals surface area contributed by atoms with E-state index in [0.717, 1.165) is 23.3 Å². The fourth-order valence-corrected chi connectivity index (χ4v) is 8.13. The minimum atomic E-state index is -4.68. The number of halogens is 3. The van der Waals surface area contributed by atoms with Crippen molar-refractivity contribution in [3.8, 4) is 0 Å². The largest absolute Gasteiger partial charge is 0.433 e. The molecule has 0 radical (unpaired) electrons. The number of piperazine rings is 1. The molecule has 1 aromatic carbocycles. The standard InChI is InChI=1S/C37H39F3N10O5/c1-46-32-26(5-3-6-27(32)50(35(46)54)28-8-9-31(51)44-34(28)53)48-16-14-47(15-17-48)21-36(55)12-10-23(11-13-36)49-20-22-18-30(41-19-25(22)45-49)43-33(52)24-4-2-7-29(42-24)37(38,39)40/h2-7,18-20,23,28,55H,8-17,21H2,1H3,(H,43,52)(H,44,51,53). The van der Waals surface area contributed by atoms with Gasteiger partial charge in [-0.3, -0.25) is 38.4 Å². The molecule has 4 aromatic heterocycles. The topological polar surface area (TPSA) is 173 Å². The van der Waals surface area contributed by atoms with Crippen molar-refractivity contribution in [2.24, 2.45) is 7.05 Å². The van der Waals surface area contributed by atoms with Gasteiger partial charge in [0.2, 0.25) is 11.8 Å². The molecule has 15 nitrogen and oxygen atoms in total. The van der Waals surface area contributed by atoms with Crippen molar-refractivity contribution in [3.63, 3.8) is 0 Å². The number of carbonyl (C=O) groups excluding carboxylic acids is 3. The molecule has 1 atom stereocenters. The zero-order chi connectivity index (χ0) is 38.6. The van der Waals surface area contributed by atoms with Crippen molar-refractivity contribution in [2.45, 2.75) is 62.4 Å². The first-order valence-electron chi connectivity index (χ1n) is 18.2. The Balaban J connectivity index is 0.875. The van der Waals surface area contributed by atoms with Gasteiger partial charge >= 0.3 is 11.9 Å². The number of imidazole rings is 1. The number of fused-ring (bicyclic) bond motifs is 2. The van der Waals surface area contributed by atoms with Crippen LogP contribution in [0.25, 0.3) is 21.9 Å². The second kappa shape index (κ2) is 13.9. The number of pyridine rings is 2. The van der Waals surface area contributed by atoms with Crippen molar-refractivity contribution in [1.29, 1.82) is 0 Å². The lowest BCUT2D eigenvalue weighted by Gasteiger charge is -2.43. The number of β-amino-alcohol motifs (C(OH)–C–C–N with tert-alkyl or cyclic N) is 1. The lowest BCUT2D eigenvalue weighted by molar-refractivity contribution is -0.141. The molecule has 6 heterocycles. The molecule has 5 aromatic rings. The maximum absolute atomic E-state index is 13.4. The average Bonchev–Trinajstić information content (AvgIpc) is 3.69. The van der Waals surface area contributed by atoms with Gasteiger partial charge in [0.25, 0.3) is 5.91 Å². The number of amides is 3. The summed E-state index contributed by atoms with van der Waals surface area (Å²) >= 11 is 0. The van der Waals surface area contributed by atoms with Gasteiger partial charge in [-0.05, 0) is 62.4 Å². The van der Waals surface area contributed by atoms with Gasteiger partial charge < -0.3 is 15.3 Å². The number of aromatic nitrogens is 6. The second-order valence-corrected chi connectivity index (χ2v) is 14.6. The Morgan fingerprint density at radius 1 is 1.04 bits per heavy atom. The minimum absolute atomic E-state index is 0.0384. The Labute approximate surface area is 311 Å². The molecule has 2 aliphatic heterocycles. The summed E-state index contributed by atoms with van der Waals surface area (Å²) in [6, 6.07) is 9.70. The van der Waals surface area contributed by atoms with Crippen LogP contribution in [0, 0.1) is 0 Å². The number of hydrogen-bond acceptors (Lipinski definition) is 10. The van der Waals surface area contributed by atoms with Gasteiger partial charge in [0.1, 0.15) is 28.8 Å². The summed E-state index contributed by atoms with van der Waals surface area (Å²) in [7, 11) is 1.70. The van der Waals surface area contributed by atoms with E-state index in [9.17, 15) is 37.5 Å². The third kappa shape index (κ3) is 7.06. The highest BCUT2D eigenvalue weighted by Crippen LogP contribution is 2.37. The van der Waals surface area contributed by atoms with Crippen molar-refractivity contribution < 1.29 is 32.7 Å². The molecule has 1 aliphatic carbocycles. The number of aliphatic hydroxyl groups is 1. The Morgan fingerprint density at radius 2 is 1.78 bits per heavy atom. The predicted molar refractivity (Wildman–Crippen MR) is 194 cm³/mol. The van der Waals surface area contributed by atoms with Crippen LogP contribution in [0.5, 0.6) is 0 Å². The zero-order valence-electron chi connectivity index (χ0n) is 29.9. The Bertz CT molecular complexity index is 2370. The van der Waals surface area contributed by atoms with E-state index >= 15 is 0 Å². The monoisotopic (exact) mass is 760 g/mol. The molecule has 0 bridgehead atoms. The third-order valence-corrected chi connectivity index (χ3v) is 11.0. The van der Waals surface area contributed by atoms with E-state index in [1.807, 2.05) is 29.1 Å². The molecule has 1 saturated carbocycles. The van der Waals surface area contributed by atoms with Crippen LogP contribution in [-0.4, -0.2) is 94.9 Å². The highest BCUT2D eigenvalue weighted by molar-refractivity contribution is 6.03. The van der Waals surface area contributed by atoms with Gasteiger partial charge in [-0.2, -0.15) is 18.3 Å². The van der Waals surface area contributed by atoms with Crippen LogP contribution < -0.4 is 21.2 Å². The van der Waals surface area contributed by atoms with E-state index in [1.54, 1.807) is 17.7 Å². The van der Waals surface area contributed by atoms with E-state index < -0.39 is 35.3 Å². The van der Waals surface area contributed by atoms with Crippen molar-refractivity contribution >= 4 is 51.2 Å². The highest BCUT2D eigenvalue weighted by Gasteiger charge is 2.38. The molecule has 2 saturated heterocycles. The van der Waals surface area contributed by atoms with Gasteiger partial charge in [0.15, 0.2) is 0 Å². The fraction of sp³-hybridized carbons (Fsp3) is 0.432. The molecule has 18 heteroatoms. The first kappa shape index (κ1) is 36.4. The summed E-state index contributed by atoms with van der Waals surface area (Å²) in [5.74, 6) is -1.47. The quantitative estimate of drug-likeness (QED) is 0.209. The van der Waals surface area contributed by atoms with Crippen LogP contribution >= 0.6 is 0 Å². The number of rotatable bonds is 7. The highest BCUT2D eigenvalue weighted by atomic mass is 19.4. The number of anilines is 2. The Hall–Kier alpha value is -5.62. The van der Waals surface area contributed by atoms with Crippen molar-refractivity contribution in [1.82, 2.24) is 39.1 Å². The average molecular weight is 761 g/mol. The van der Waals surface area contributed by atoms with Crippen LogP contribution in [0.15, 0.2) is 59.7 Å². The van der Waals surface area contributed by atoms with Crippen LogP contribution in [0.1, 0.15) is 66.8 Å². The van der Waals surface area contributed by atoms with Crippen LogP contribution in [0.4, 0.5) is 24.7 Å². The maximum Gasteiger partial charge on any atom is 0.433 e. The normalized spacial score (nSPS) is 22.7. The minimum Gasteiger partial charge on any atom is -0.389 e. The van der Waals surface area contributed by atoms with Crippen LogP contribution in [0.3, 0.4) is 0 Å². The molecule has 288 valence electrons. The molecule has 3 N–H and O–H groups in total. The number of carbonyl (C=O) groups is 3. The van der Waals surface area contributed by atoms with Gasteiger partial charge in [-0.15, -0.1) is 0 Å². The van der Waals surface area contributed by atoms with E-state index in [-0.39, 0.29) is 42.0 Å². The summed E-state index contributed by atoms with van der Waals surface area (Å²) in [5, 5.41) is 21.9. The number of alkyl halides is 3. The second-order valence-electron chi connectivity index (χ2n) is 14.6. The number of nitrogens with zero attached hydrogens (tertiary/aromatic N) is 8. The Kier molecular flexibility index (Phi) is 9.19. The first-order valence-corrected chi connectivity index (χ1v) is 18.2. The molecule has 0 spiro atoms. The van der Waals surface area contributed by atoms with Gasteiger partial charge in [-0.1, -0.05) is 12.1 Å². The summed E-state index contributed by atoms with van der Waals surface area (Å²) in [6.07, 6.45) is 1.65. The van der Waals surface area contributed by atoms with Crippen LogP contribution in [0.2, 0.25) is 0 Å². The van der Waals surface area contributed by atoms with Gasteiger partial charge in [-0.25, -0.2) is 14.8 Å². The number of para-hydroxylation sites is 1. The van der Waals surface area contributed by atoms with E-state index in [2.05, 4.69) is 35.5 Å². The van der Waals surface area contributed by atoms with Crippen molar-refractivity contribution in [2.75, 3.05) is 42.9 Å². The van der Waals surface area contributed by atoms with E-state index in [0.29, 0.717) is 74.8 Å². The van der Waals surface area contributed by atoms with Gasteiger partial charge in [0.05, 0.1) is 34.6 Å². The maximum atomic E-state index is 13.4. The summed E-state index contributed by atoms with van der Waals surface area (Å²) < 4.78 is 44.1.